The maximum absolute atomic E-state index is 4.97. The van der Waals surface area contributed by atoms with E-state index < -0.39 is 0 Å². The highest BCUT2D eigenvalue weighted by Crippen LogP contribution is 2.40. The number of nitrogens with zero attached hydrogens (tertiary/aromatic N) is 3. The van der Waals surface area contributed by atoms with Gasteiger partial charge in [-0.1, -0.05) is 40.7 Å². The first-order valence-corrected chi connectivity index (χ1v) is 7.63. The second-order valence-electron chi connectivity index (χ2n) is 7.55. The molecule has 0 aromatic carbocycles. The van der Waals surface area contributed by atoms with Crippen LogP contribution in [-0.4, -0.2) is 43.1 Å². The van der Waals surface area contributed by atoms with Crippen LogP contribution in [0.4, 0.5) is 5.82 Å². The van der Waals surface area contributed by atoms with Crippen LogP contribution in [0, 0.1) is 5.41 Å². The summed E-state index contributed by atoms with van der Waals surface area (Å²) < 4.78 is 0. The third-order valence-corrected chi connectivity index (χ3v) is 5.08. The molecule has 20 heavy (non-hydrogen) atoms. The van der Waals surface area contributed by atoms with Crippen LogP contribution in [0.3, 0.4) is 0 Å². The van der Waals surface area contributed by atoms with Gasteiger partial charge in [0.15, 0.2) is 0 Å². The summed E-state index contributed by atoms with van der Waals surface area (Å²) in [7, 11) is 2.18. The molecule has 1 fully saturated rings. The van der Waals surface area contributed by atoms with Gasteiger partial charge in [0.2, 0.25) is 0 Å². The lowest BCUT2D eigenvalue weighted by molar-refractivity contribution is 0.219. The molecule has 112 valence electrons. The molecule has 3 heteroatoms. The second kappa shape index (κ2) is 5.36. The number of hydrogen-bond acceptors (Lipinski definition) is 3. The van der Waals surface area contributed by atoms with Crippen LogP contribution in [0.1, 0.15) is 40.3 Å². The average molecular weight is 275 g/mol. The number of piperazine rings is 1. The summed E-state index contributed by atoms with van der Waals surface area (Å²) in [5.74, 6) is 1.13. The molecule has 2 heterocycles. The zero-order valence-corrected chi connectivity index (χ0v) is 13.9. The number of hydrogen-bond donors (Lipinski definition) is 0. The predicted molar refractivity (Wildman–Crippen MR) is 86.4 cm³/mol. The average Bonchev–Trinajstić information content (AvgIpc) is 2.38. The highest BCUT2D eigenvalue weighted by molar-refractivity contribution is 5.41. The highest BCUT2D eigenvalue weighted by Gasteiger charge is 2.36. The van der Waals surface area contributed by atoms with E-state index in [9.17, 15) is 0 Å². The van der Waals surface area contributed by atoms with Crippen LogP contribution in [0.5, 0.6) is 0 Å². The zero-order valence-electron chi connectivity index (χ0n) is 13.9. The number of pyridine rings is 1. The van der Waals surface area contributed by atoms with Gasteiger partial charge in [0.05, 0.1) is 0 Å². The summed E-state index contributed by atoms with van der Waals surface area (Å²) in [4.78, 5) is 9.75. The van der Waals surface area contributed by atoms with E-state index in [4.69, 9.17) is 4.98 Å². The minimum Gasteiger partial charge on any atom is -0.354 e. The number of rotatable bonds is 2. The summed E-state index contributed by atoms with van der Waals surface area (Å²) in [5.41, 5.74) is 1.46. The molecule has 1 saturated heterocycles. The van der Waals surface area contributed by atoms with Gasteiger partial charge in [-0.15, -0.1) is 0 Å². The normalized spacial score (nSPS) is 18.4. The van der Waals surface area contributed by atoms with E-state index in [2.05, 4.69) is 69.7 Å². The van der Waals surface area contributed by atoms with Crippen molar-refractivity contribution in [2.75, 3.05) is 38.1 Å². The van der Waals surface area contributed by atoms with Gasteiger partial charge < -0.3 is 9.80 Å². The van der Waals surface area contributed by atoms with Crippen LogP contribution in [0.2, 0.25) is 0 Å². The lowest BCUT2D eigenvalue weighted by Gasteiger charge is -2.39. The van der Waals surface area contributed by atoms with Crippen molar-refractivity contribution in [2.45, 2.75) is 40.0 Å². The monoisotopic (exact) mass is 275 g/mol. The predicted octanol–water partition coefficient (Wildman–Crippen LogP) is 3.16. The maximum atomic E-state index is 4.97. The molecule has 0 radical (unpaired) electrons. The van der Waals surface area contributed by atoms with Crippen molar-refractivity contribution in [2.24, 2.45) is 5.41 Å². The molecule has 2 rings (SSSR count). The number of anilines is 1. The Morgan fingerprint density at radius 3 is 2.10 bits per heavy atom. The van der Waals surface area contributed by atoms with Crippen LogP contribution >= 0.6 is 0 Å². The minimum atomic E-state index is 0.0651. The third-order valence-electron chi connectivity index (χ3n) is 5.08. The second-order valence-corrected chi connectivity index (χ2v) is 7.55. The smallest absolute Gasteiger partial charge is 0.128 e. The topological polar surface area (TPSA) is 19.4 Å². The number of likely N-dealkylation sites (N-methyl/N-ethyl adjacent to an activating group) is 1. The fraction of sp³-hybridized carbons (Fsp3) is 0.706. The maximum Gasteiger partial charge on any atom is 0.128 e. The van der Waals surface area contributed by atoms with Crippen molar-refractivity contribution < 1.29 is 0 Å². The largest absolute Gasteiger partial charge is 0.354 e. The highest BCUT2D eigenvalue weighted by atomic mass is 15.3. The standard InChI is InChI=1S/C17H29N3/c1-16(2,3)17(4,5)14-8-7-9-15(18-14)20-12-10-19(6)11-13-20/h7-9H,10-13H2,1-6H3. The van der Waals surface area contributed by atoms with Crippen LogP contribution in [0.25, 0.3) is 0 Å². The van der Waals surface area contributed by atoms with E-state index in [1.165, 1.54) is 5.69 Å². The lowest BCUT2D eigenvalue weighted by atomic mass is 9.67. The van der Waals surface area contributed by atoms with E-state index in [1.54, 1.807) is 0 Å². The minimum absolute atomic E-state index is 0.0651. The van der Waals surface area contributed by atoms with E-state index in [0.29, 0.717) is 0 Å². The fourth-order valence-corrected chi connectivity index (χ4v) is 2.37. The van der Waals surface area contributed by atoms with Crippen LogP contribution in [-0.2, 0) is 5.41 Å². The van der Waals surface area contributed by atoms with Gasteiger partial charge in [-0.05, 0) is 24.6 Å². The molecule has 0 atom stereocenters. The van der Waals surface area contributed by atoms with Crippen molar-refractivity contribution in [3.8, 4) is 0 Å². The Hall–Kier alpha value is -1.09. The van der Waals surface area contributed by atoms with Crippen molar-refractivity contribution in [1.82, 2.24) is 9.88 Å². The molecular weight excluding hydrogens is 246 g/mol. The van der Waals surface area contributed by atoms with Gasteiger partial charge >= 0.3 is 0 Å². The molecular formula is C17H29N3. The molecule has 0 amide bonds. The van der Waals surface area contributed by atoms with Crippen LogP contribution in [0.15, 0.2) is 18.2 Å². The van der Waals surface area contributed by atoms with Gasteiger partial charge in [0.25, 0.3) is 0 Å². The van der Waals surface area contributed by atoms with Gasteiger partial charge in [-0.25, -0.2) is 4.98 Å². The fourth-order valence-electron chi connectivity index (χ4n) is 2.37. The Bertz CT molecular complexity index is 452. The summed E-state index contributed by atoms with van der Waals surface area (Å²) in [5, 5.41) is 0. The Kier molecular flexibility index (Phi) is 4.10. The molecule has 0 unspecified atom stereocenters. The Morgan fingerprint density at radius 1 is 0.950 bits per heavy atom. The molecule has 1 aliphatic rings. The molecule has 0 bridgehead atoms. The third kappa shape index (κ3) is 2.98. The van der Waals surface area contributed by atoms with Crippen molar-refractivity contribution in [3.05, 3.63) is 23.9 Å². The first kappa shape index (κ1) is 15.3. The Labute approximate surface area is 124 Å². The molecule has 0 spiro atoms. The first-order chi connectivity index (χ1) is 9.22. The van der Waals surface area contributed by atoms with E-state index in [0.717, 1.165) is 32.0 Å². The SMILES string of the molecule is CN1CCN(c2cccc(C(C)(C)C(C)(C)C)n2)CC1. The van der Waals surface area contributed by atoms with Crippen molar-refractivity contribution in [1.29, 1.82) is 0 Å². The first-order valence-electron chi connectivity index (χ1n) is 7.63. The van der Waals surface area contributed by atoms with Gasteiger partial charge in [0, 0.05) is 37.3 Å². The van der Waals surface area contributed by atoms with Crippen molar-refractivity contribution in [3.63, 3.8) is 0 Å². The van der Waals surface area contributed by atoms with E-state index >= 15 is 0 Å². The zero-order chi connectivity index (χ0) is 15.0. The molecule has 0 saturated carbocycles. The van der Waals surface area contributed by atoms with Crippen LogP contribution < -0.4 is 4.90 Å². The van der Waals surface area contributed by atoms with E-state index in [-0.39, 0.29) is 10.8 Å². The summed E-state index contributed by atoms with van der Waals surface area (Å²) in [6.45, 7) is 15.8. The molecule has 3 nitrogen and oxygen atoms in total. The Morgan fingerprint density at radius 2 is 1.55 bits per heavy atom. The summed E-state index contributed by atoms with van der Waals surface area (Å²) in [6, 6.07) is 6.47. The number of aromatic nitrogens is 1. The Balaban J connectivity index is 2.24. The lowest BCUT2D eigenvalue weighted by Crippen LogP contribution is -2.45. The van der Waals surface area contributed by atoms with Gasteiger partial charge in [0.1, 0.15) is 5.82 Å². The van der Waals surface area contributed by atoms with Gasteiger partial charge in [-0.2, -0.15) is 0 Å². The summed E-state index contributed by atoms with van der Waals surface area (Å²) >= 11 is 0. The van der Waals surface area contributed by atoms with Gasteiger partial charge in [-0.3, -0.25) is 0 Å². The molecule has 1 aromatic rings. The summed E-state index contributed by atoms with van der Waals surface area (Å²) in [6.07, 6.45) is 0. The molecule has 0 N–H and O–H groups in total. The molecule has 0 aliphatic carbocycles. The quantitative estimate of drug-likeness (QED) is 0.826. The molecule has 1 aromatic heterocycles. The van der Waals surface area contributed by atoms with E-state index in [1.807, 2.05) is 0 Å². The molecule has 1 aliphatic heterocycles. The van der Waals surface area contributed by atoms with Crippen molar-refractivity contribution >= 4 is 5.82 Å².